The summed E-state index contributed by atoms with van der Waals surface area (Å²) in [5.41, 5.74) is 2.29. The van der Waals surface area contributed by atoms with E-state index in [1.54, 1.807) is 4.68 Å². The Morgan fingerprint density at radius 1 is 1.78 bits per heavy atom. The fourth-order valence-electron chi connectivity index (χ4n) is 0.809. The number of hydrogen-bond donors (Lipinski definition) is 1. The lowest BCUT2D eigenvalue weighted by Crippen LogP contribution is -1.88. The van der Waals surface area contributed by atoms with E-state index >= 15 is 0 Å². The molecule has 9 heavy (non-hydrogen) atoms. The van der Waals surface area contributed by atoms with Crippen LogP contribution in [-0.2, 0) is 12.8 Å². The molecule has 0 saturated heterocycles. The maximum atomic E-state index is 4.17. The minimum absolute atomic E-state index is 0.729. The van der Waals surface area contributed by atoms with E-state index in [1.807, 2.05) is 20.2 Å². The maximum Gasteiger partial charge on any atom is 0.0749 e. The molecule has 0 spiro atoms. The van der Waals surface area contributed by atoms with Gasteiger partial charge in [-0.05, 0) is 12.5 Å². The summed E-state index contributed by atoms with van der Waals surface area (Å²) in [5, 5.41) is 4.17. The predicted molar refractivity (Wildman–Crippen MR) is 40.6 cm³/mol. The topological polar surface area (TPSA) is 17.8 Å². The molecule has 1 heterocycles. The lowest BCUT2D eigenvalue weighted by atomic mass is 10.3. The summed E-state index contributed by atoms with van der Waals surface area (Å²) in [7, 11) is 1.92. The number of hydrogen-bond acceptors (Lipinski definition) is 2. The van der Waals surface area contributed by atoms with Crippen LogP contribution in [0.15, 0.2) is 6.20 Å². The summed E-state index contributed by atoms with van der Waals surface area (Å²) >= 11 is 4.12. The zero-order valence-electron chi connectivity index (χ0n) is 5.63. The molecule has 0 aliphatic heterocycles. The third-order valence-corrected chi connectivity index (χ3v) is 1.56. The van der Waals surface area contributed by atoms with Gasteiger partial charge in [-0.15, -0.1) is 0 Å². The molecule has 0 unspecified atom stereocenters. The Labute approximate surface area is 60.3 Å². The van der Waals surface area contributed by atoms with Crippen LogP contribution < -0.4 is 0 Å². The van der Waals surface area contributed by atoms with Gasteiger partial charge in [0.25, 0.3) is 0 Å². The van der Waals surface area contributed by atoms with Gasteiger partial charge in [-0.3, -0.25) is 4.68 Å². The van der Waals surface area contributed by atoms with Crippen LogP contribution >= 0.6 is 12.6 Å². The molecule has 0 aliphatic carbocycles. The normalized spacial score (nSPS) is 10.1. The van der Waals surface area contributed by atoms with Crippen LogP contribution in [0.3, 0.4) is 0 Å². The van der Waals surface area contributed by atoms with Crippen LogP contribution in [0.25, 0.3) is 0 Å². The lowest BCUT2D eigenvalue weighted by Gasteiger charge is -1.85. The van der Waals surface area contributed by atoms with E-state index in [-0.39, 0.29) is 0 Å². The minimum atomic E-state index is 0.729. The Kier molecular flexibility index (Phi) is 1.81. The van der Waals surface area contributed by atoms with Crippen LogP contribution in [0.2, 0.25) is 0 Å². The first-order chi connectivity index (χ1) is 4.24. The molecule has 50 valence electrons. The summed E-state index contributed by atoms with van der Waals surface area (Å²) in [6.07, 6.45) is 1.99. The first kappa shape index (κ1) is 6.68. The molecule has 0 aliphatic rings. The first-order valence-electron chi connectivity index (χ1n) is 2.84. The second kappa shape index (κ2) is 2.43. The van der Waals surface area contributed by atoms with Crippen molar-refractivity contribution in [1.82, 2.24) is 9.78 Å². The molecule has 2 nitrogen and oxygen atoms in total. The highest BCUT2D eigenvalue weighted by molar-refractivity contribution is 7.79. The van der Waals surface area contributed by atoms with E-state index in [1.165, 1.54) is 5.56 Å². The molecule has 0 bridgehead atoms. The summed E-state index contributed by atoms with van der Waals surface area (Å²) in [6.45, 7) is 2.04. The highest BCUT2D eigenvalue weighted by Gasteiger charge is 1.98. The van der Waals surface area contributed by atoms with Gasteiger partial charge in [0.05, 0.1) is 5.69 Å². The van der Waals surface area contributed by atoms with Crippen LogP contribution in [0, 0.1) is 6.92 Å². The smallest absolute Gasteiger partial charge is 0.0749 e. The van der Waals surface area contributed by atoms with Gasteiger partial charge in [-0.2, -0.15) is 17.7 Å². The molecule has 0 amide bonds. The third kappa shape index (κ3) is 1.27. The quantitative estimate of drug-likeness (QED) is 0.582. The number of nitrogens with zero attached hydrogens (tertiary/aromatic N) is 2. The standard InChI is InChI=1S/C6H10N2S/c1-5-3-8(2)7-6(5)4-9/h3,9H,4H2,1-2H3. The van der Waals surface area contributed by atoms with Crippen molar-refractivity contribution in [2.75, 3.05) is 0 Å². The fraction of sp³-hybridized carbons (Fsp3) is 0.500. The average molecular weight is 142 g/mol. The van der Waals surface area contributed by atoms with E-state index in [0.717, 1.165) is 11.4 Å². The van der Waals surface area contributed by atoms with Crippen molar-refractivity contribution < 1.29 is 0 Å². The minimum Gasteiger partial charge on any atom is -0.275 e. The van der Waals surface area contributed by atoms with Crippen molar-refractivity contribution >= 4 is 12.6 Å². The predicted octanol–water partition coefficient (Wildman–Crippen LogP) is 1.16. The largest absolute Gasteiger partial charge is 0.275 e. The molecule has 1 rings (SSSR count). The van der Waals surface area contributed by atoms with Crippen LogP contribution in [0.5, 0.6) is 0 Å². The van der Waals surface area contributed by atoms with Gasteiger partial charge in [0.2, 0.25) is 0 Å². The number of aromatic nitrogens is 2. The summed E-state index contributed by atoms with van der Waals surface area (Å²) in [4.78, 5) is 0. The molecule has 3 heteroatoms. The van der Waals surface area contributed by atoms with Gasteiger partial charge in [-0.25, -0.2) is 0 Å². The third-order valence-electron chi connectivity index (χ3n) is 1.26. The highest BCUT2D eigenvalue weighted by atomic mass is 32.1. The van der Waals surface area contributed by atoms with Crippen LogP contribution in [-0.4, -0.2) is 9.78 Å². The first-order valence-corrected chi connectivity index (χ1v) is 3.47. The zero-order valence-corrected chi connectivity index (χ0v) is 6.52. The highest BCUT2D eigenvalue weighted by Crippen LogP contribution is 2.05. The molecular formula is C6H10N2S. The van der Waals surface area contributed by atoms with Crippen LogP contribution in [0.1, 0.15) is 11.3 Å². The van der Waals surface area contributed by atoms with Crippen molar-refractivity contribution in [3.05, 3.63) is 17.5 Å². The molecule has 0 fully saturated rings. The Morgan fingerprint density at radius 2 is 2.44 bits per heavy atom. The van der Waals surface area contributed by atoms with Gasteiger partial charge in [0, 0.05) is 19.0 Å². The second-order valence-corrected chi connectivity index (χ2v) is 2.41. The van der Waals surface area contributed by atoms with Crippen molar-refractivity contribution in [2.45, 2.75) is 12.7 Å². The summed E-state index contributed by atoms with van der Waals surface area (Å²) < 4.78 is 1.81. The number of thiol groups is 1. The molecule has 1 aromatic heterocycles. The van der Waals surface area contributed by atoms with E-state index in [9.17, 15) is 0 Å². The van der Waals surface area contributed by atoms with E-state index in [4.69, 9.17) is 0 Å². The Bertz CT molecular complexity index is 205. The zero-order chi connectivity index (χ0) is 6.85. The maximum absolute atomic E-state index is 4.17. The van der Waals surface area contributed by atoms with Gasteiger partial charge >= 0.3 is 0 Å². The van der Waals surface area contributed by atoms with Gasteiger partial charge in [0.1, 0.15) is 0 Å². The number of aryl methyl sites for hydroxylation is 2. The van der Waals surface area contributed by atoms with Crippen molar-refractivity contribution in [1.29, 1.82) is 0 Å². The van der Waals surface area contributed by atoms with E-state index in [0.29, 0.717) is 0 Å². The molecule has 0 radical (unpaired) electrons. The molecule has 1 aromatic rings. The number of rotatable bonds is 1. The van der Waals surface area contributed by atoms with Crippen molar-refractivity contribution in [3.8, 4) is 0 Å². The van der Waals surface area contributed by atoms with E-state index < -0.39 is 0 Å². The summed E-state index contributed by atoms with van der Waals surface area (Å²) in [6, 6.07) is 0. The summed E-state index contributed by atoms with van der Waals surface area (Å²) in [5.74, 6) is 0.729. The van der Waals surface area contributed by atoms with Gasteiger partial charge in [-0.1, -0.05) is 0 Å². The monoisotopic (exact) mass is 142 g/mol. The Balaban J connectivity index is 3.01. The molecule has 0 atom stereocenters. The van der Waals surface area contributed by atoms with E-state index in [2.05, 4.69) is 17.7 Å². The van der Waals surface area contributed by atoms with Crippen molar-refractivity contribution in [2.24, 2.45) is 7.05 Å². The van der Waals surface area contributed by atoms with Crippen LogP contribution in [0.4, 0.5) is 0 Å². The molecule has 0 saturated carbocycles. The molecule has 0 N–H and O–H groups in total. The van der Waals surface area contributed by atoms with Gasteiger partial charge in [0.15, 0.2) is 0 Å². The van der Waals surface area contributed by atoms with Crippen molar-refractivity contribution in [3.63, 3.8) is 0 Å². The lowest BCUT2D eigenvalue weighted by molar-refractivity contribution is 0.755. The molecule has 0 aromatic carbocycles. The second-order valence-electron chi connectivity index (χ2n) is 2.09. The SMILES string of the molecule is Cc1cn(C)nc1CS. The average Bonchev–Trinajstić information content (AvgIpc) is 2.10. The molecular weight excluding hydrogens is 132 g/mol. The Hall–Kier alpha value is -0.440. The fourth-order valence-corrected chi connectivity index (χ4v) is 1.12. The Morgan fingerprint density at radius 3 is 2.67 bits per heavy atom. The van der Waals surface area contributed by atoms with Gasteiger partial charge < -0.3 is 0 Å².